The third-order valence-electron chi connectivity index (χ3n) is 5.26. The van der Waals surface area contributed by atoms with Crippen LogP contribution >= 0.6 is 0 Å². The van der Waals surface area contributed by atoms with Crippen molar-refractivity contribution in [2.24, 2.45) is 4.99 Å². The molecule has 8 nitrogen and oxygen atoms in total. The van der Waals surface area contributed by atoms with E-state index in [4.69, 9.17) is 14.7 Å². The molecule has 0 radical (unpaired) electrons. The Morgan fingerprint density at radius 2 is 2.14 bits per heavy atom. The first-order chi connectivity index (χ1) is 13.7. The molecule has 0 bridgehead atoms. The Labute approximate surface area is 163 Å². The largest absolute Gasteiger partial charge is 0.377 e. The summed E-state index contributed by atoms with van der Waals surface area (Å²) in [7, 11) is 0. The van der Waals surface area contributed by atoms with Gasteiger partial charge >= 0.3 is 0 Å². The van der Waals surface area contributed by atoms with E-state index < -0.39 is 0 Å². The van der Waals surface area contributed by atoms with Crippen molar-refractivity contribution in [3.63, 3.8) is 0 Å². The molecule has 28 heavy (non-hydrogen) atoms. The molecule has 5 rings (SSSR count). The Bertz CT molecular complexity index is 1050. The first-order valence-electron chi connectivity index (χ1n) is 9.69. The smallest absolute Gasteiger partial charge is 0.241 e. The number of fused-ring (bicyclic) bond motifs is 2. The number of likely N-dealkylation sites (N-methyl/N-ethyl adjacent to an activating group) is 1. The van der Waals surface area contributed by atoms with Gasteiger partial charge in [0.25, 0.3) is 0 Å². The van der Waals surface area contributed by atoms with Gasteiger partial charge in [-0.25, -0.2) is 9.50 Å². The van der Waals surface area contributed by atoms with Gasteiger partial charge in [0.15, 0.2) is 0 Å². The molecule has 0 spiro atoms. The van der Waals surface area contributed by atoms with Crippen LogP contribution in [-0.4, -0.2) is 57.1 Å². The lowest BCUT2D eigenvalue weighted by Crippen LogP contribution is -2.40. The molecule has 1 atom stereocenters. The number of nitrogens with one attached hydrogen (secondary N) is 2. The molecule has 144 valence electrons. The zero-order chi connectivity index (χ0) is 19.1. The van der Waals surface area contributed by atoms with E-state index in [9.17, 15) is 0 Å². The topological polar surface area (TPSA) is 88.7 Å². The van der Waals surface area contributed by atoms with Crippen molar-refractivity contribution in [1.29, 1.82) is 0 Å². The van der Waals surface area contributed by atoms with Crippen molar-refractivity contribution in [1.82, 2.24) is 24.9 Å². The highest BCUT2D eigenvalue weighted by molar-refractivity contribution is 5.92. The van der Waals surface area contributed by atoms with Crippen molar-refractivity contribution in [3.8, 4) is 11.3 Å². The number of aliphatic imine (C=N–C) groups is 1. The molecule has 0 aliphatic carbocycles. The van der Waals surface area contributed by atoms with Crippen molar-refractivity contribution in [2.45, 2.75) is 32.4 Å². The van der Waals surface area contributed by atoms with E-state index in [-0.39, 0.29) is 6.04 Å². The monoisotopic (exact) mass is 377 g/mol. The van der Waals surface area contributed by atoms with Gasteiger partial charge in [-0.3, -0.25) is 9.98 Å². The standard InChI is InChI=1S/C20H23N7O/c1-3-21-17-8-18-16(23-12(17)2)5-4-15(25-18)14-6-7-27-19(14)9-22-20(26-27)24-13-10-28-11-13/h4-7,9,13,17,21H,3,8,10-11H2,1-2H3,(H,24,26). The molecule has 2 N–H and O–H groups in total. The zero-order valence-electron chi connectivity index (χ0n) is 16.0. The van der Waals surface area contributed by atoms with Gasteiger partial charge in [-0.05, 0) is 31.7 Å². The molecule has 5 heterocycles. The molecule has 1 unspecified atom stereocenters. The highest BCUT2D eigenvalue weighted by Gasteiger charge is 2.22. The predicted molar refractivity (Wildman–Crippen MR) is 108 cm³/mol. The highest BCUT2D eigenvalue weighted by Crippen LogP contribution is 2.30. The lowest BCUT2D eigenvalue weighted by molar-refractivity contribution is 0.0207. The maximum Gasteiger partial charge on any atom is 0.241 e. The SMILES string of the molecule is CCNC1Cc2nc(-c3ccn4nc(NC5COC5)ncc34)ccc2N=C1C. The van der Waals surface area contributed by atoms with E-state index >= 15 is 0 Å². The molecular weight excluding hydrogens is 354 g/mol. The van der Waals surface area contributed by atoms with E-state index in [0.29, 0.717) is 25.2 Å². The summed E-state index contributed by atoms with van der Waals surface area (Å²) in [6.07, 6.45) is 4.64. The Hall–Kier alpha value is -2.84. The maximum absolute atomic E-state index is 5.18. The number of rotatable bonds is 5. The van der Waals surface area contributed by atoms with Crippen molar-refractivity contribution in [3.05, 3.63) is 36.3 Å². The lowest BCUT2D eigenvalue weighted by atomic mass is 10.0. The van der Waals surface area contributed by atoms with Gasteiger partial charge in [0.2, 0.25) is 5.95 Å². The third-order valence-corrected chi connectivity index (χ3v) is 5.26. The summed E-state index contributed by atoms with van der Waals surface area (Å²) in [4.78, 5) is 14.1. The van der Waals surface area contributed by atoms with Gasteiger partial charge in [-0.15, -0.1) is 5.10 Å². The molecule has 0 amide bonds. The average Bonchev–Trinajstić information content (AvgIpc) is 3.08. The number of ether oxygens (including phenoxy) is 1. The van der Waals surface area contributed by atoms with Crippen molar-refractivity contribution in [2.75, 3.05) is 25.1 Å². The third kappa shape index (κ3) is 3.04. The fourth-order valence-electron chi connectivity index (χ4n) is 3.66. The molecule has 2 aliphatic heterocycles. The second kappa shape index (κ2) is 6.96. The van der Waals surface area contributed by atoms with Gasteiger partial charge < -0.3 is 15.4 Å². The molecule has 1 saturated heterocycles. The van der Waals surface area contributed by atoms with Crippen LogP contribution in [0, 0.1) is 0 Å². The molecular formula is C20H23N7O. The Morgan fingerprint density at radius 3 is 2.93 bits per heavy atom. The van der Waals surface area contributed by atoms with Crippen LogP contribution in [0.3, 0.4) is 0 Å². The molecule has 1 fully saturated rings. The molecule has 8 heteroatoms. The van der Waals surface area contributed by atoms with Crippen LogP contribution in [0.15, 0.2) is 35.6 Å². The Morgan fingerprint density at radius 1 is 1.25 bits per heavy atom. The van der Waals surface area contributed by atoms with Crippen LogP contribution in [0.2, 0.25) is 0 Å². The minimum absolute atomic E-state index is 0.249. The minimum Gasteiger partial charge on any atom is -0.377 e. The van der Waals surface area contributed by atoms with E-state index in [1.807, 2.05) is 29.0 Å². The summed E-state index contributed by atoms with van der Waals surface area (Å²) in [6, 6.07) is 6.66. The number of anilines is 1. The second-order valence-corrected chi connectivity index (χ2v) is 7.25. The number of pyridine rings is 1. The number of nitrogens with zero attached hydrogens (tertiary/aromatic N) is 5. The van der Waals surface area contributed by atoms with Gasteiger partial charge in [0.1, 0.15) is 0 Å². The predicted octanol–water partition coefficient (Wildman–Crippen LogP) is 2.23. The fourth-order valence-corrected chi connectivity index (χ4v) is 3.66. The Balaban J connectivity index is 1.46. The number of hydrogen-bond acceptors (Lipinski definition) is 7. The second-order valence-electron chi connectivity index (χ2n) is 7.25. The molecule has 0 aromatic carbocycles. The van der Waals surface area contributed by atoms with Crippen LogP contribution in [-0.2, 0) is 11.2 Å². The lowest BCUT2D eigenvalue weighted by Gasteiger charge is -2.26. The molecule has 3 aromatic heterocycles. The average molecular weight is 377 g/mol. The first kappa shape index (κ1) is 17.3. The number of hydrogen-bond donors (Lipinski definition) is 2. The van der Waals surface area contributed by atoms with Crippen molar-refractivity contribution < 1.29 is 4.74 Å². The van der Waals surface area contributed by atoms with Gasteiger partial charge in [0, 0.05) is 23.9 Å². The Kier molecular flexibility index (Phi) is 4.29. The maximum atomic E-state index is 5.18. The number of aromatic nitrogens is 4. The molecule has 3 aromatic rings. The van der Waals surface area contributed by atoms with Gasteiger partial charge in [0.05, 0.1) is 54.1 Å². The summed E-state index contributed by atoms with van der Waals surface area (Å²) in [5, 5.41) is 11.3. The summed E-state index contributed by atoms with van der Waals surface area (Å²) >= 11 is 0. The van der Waals surface area contributed by atoms with Crippen LogP contribution in [0.4, 0.5) is 11.6 Å². The normalized spacial score (nSPS) is 19.2. The minimum atomic E-state index is 0.249. The van der Waals surface area contributed by atoms with Crippen LogP contribution in [0.1, 0.15) is 19.5 Å². The first-order valence-corrected chi connectivity index (χ1v) is 9.69. The fraction of sp³-hybridized carbons (Fsp3) is 0.400. The molecule has 0 saturated carbocycles. The molecule has 2 aliphatic rings. The summed E-state index contributed by atoms with van der Waals surface area (Å²) in [5.41, 5.74) is 5.97. The van der Waals surface area contributed by atoms with Crippen LogP contribution in [0.5, 0.6) is 0 Å². The van der Waals surface area contributed by atoms with E-state index in [1.54, 1.807) is 0 Å². The quantitative estimate of drug-likeness (QED) is 0.709. The van der Waals surface area contributed by atoms with E-state index in [1.165, 1.54) is 0 Å². The van der Waals surface area contributed by atoms with E-state index in [0.717, 1.165) is 46.8 Å². The van der Waals surface area contributed by atoms with Crippen LogP contribution < -0.4 is 10.6 Å². The van der Waals surface area contributed by atoms with E-state index in [2.05, 4.69) is 40.6 Å². The summed E-state index contributed by atoms with van der Waals surface area (Å²) in [5.74, 6) is 0.611. The zero-order valence-corrected chi connectivity index (χ0v) is 16.0. The summed E-state index contributed by atoms with van der Waals surface area (Å²) < 4.78 is 7.03. The van der Waals surface area contributed by atoms with Gasteiger partial charge in [-0.1, -0.05) is 6.92 Å². The highest BCUT2D eigenvalue weighted by atomic mass is 16.5. The van der Waals surface area contributed by atoms with Crippen molar-refractivity contribution >= 4 is 22.9 Å². The van der Waals surface area contributed by atoms with Crippen LogP contribution in [0.25, 0.3) is 16.8 Å². The van der Waals surface area contributed by atoms with Gasteiger partial charge in [-0.2, -0.15) is 0 Å². The summed E-state index contributed by atoms with van der Waals surface area (Å²) in [6.45, 7) is 6.50.